The fraction of sp³-hybridized carbons (Fsp3) is 0. The first kappa shape index (κ1) is 19.5. The van der Waals surface area contributed by atoms with Crippen LogP contribution in [0, 0.1) is 5.82 Å². The number of hydrogen-bond donors (Lipinski definition) is 1. The Bertz CT molecular complexity index is 1320. The summed E-state index contributed by atoms with van der Waals surface area (Å²) in [6.07, 6.45) is 0. The Hall–Kier alpha value is -3.85. The number of halogens is 1. The summed E-state index contributed by atoms with van der Waals surface area (Å²) < 4.78 is 41.0. The van der Waals surface area contributed by atoms with E-state index in [0.717, 1.165) is 12.1 Å². The standard InChI is InChI=1S/C21H14FN3O4S/c22-16-8-12-18(13-9-16)30(28,29)20-19(14-4-2-1-3-5-14)25(24-23-20)17-10-6-15(7-11-17)21(26)27/h1-13H,(H,26,27). The molecule has 0 bridgehead atoms. The molecular formula is C21H14FN3O4S. The fourth-order valence-corrected chi connectivity index (χ4v) is 4.26. The molecule has 9 heteroatoms. The van der Waals surface area contributed by atoms with Gasteiger partial charge in [0.15, 0.2) is 0 Å². The van der Waals surface area contributed by atoms with Crippen LogP contribution in [0.4, 0.5) is 4.39 Å². The van der Waals surface area contributed by atoms with Crippen LogP contribution >= 0.6 is 0 Å². The van der Waals surface area contributed by atoms with Crippen LogP contribution in [-0.4, -0.2) is 34.5 Å². The molecule has 4 aromatic rings. The van der Waals surface area contributed by atoms with Crippen molar-refractivity contribution < 1.29 is 22.7 Å². The Morgan fingerprint density at radius 2 is 1.53 bits per heavy atom. The largest absolute Gasteiger partial charge is 0.478 e. The first-order valence-corrected chi connectivity index (χ1v) is 10.2. The lowest BCUT2D eigenvalue weighted by Crippen LogP contribution is -2.06. The van der Waals surface area contributed by atoms with E-state index in [2.05, 4.69) is 10.3 Å². The van der Waals surface area contributed by atoms with Crippen LogP contribution in [0.1, 0.15) is 10.4 Å². The van der Waals surface area contributed by atoms with Crippen molar-refractivity contribution in [3.8, 4) is 16.9 Å². The molecule has 4 rings (SSSR count). The van der Waals surface area contributed by atoms with Crippen molar-refractivity contribution in [2.75, 3.05) is 0 Å². The fourth-order valence-electron chi connectivity index (χ4n) is 2.94. The predicted molar refractivity (Wildman–Crippen MR) is 106 cm³/mol. The summed E-state index contributed by atoms with van der Waals surface area (Å²) >= 11 is 0. The van der Waals surface area contributed by atoms with Gasteiger partial charge in [-0.25, -0.2) is 22.3 Å². The van der Waals surface area contributed by atoms with E-state index in [1.54, 1.807) is 30.3 Å². The number of carboxylic acid groups (broad SMARTS) is 1. The minimum Gasteiger partial charge on any atom is -0.478 e. The van der Waals surface area contributed by atoms with Gasteiger partial charge in [0.1, 0.15) is 11.5 Å². The van der Waals surface area contributed by atoms with Gasteiger partial charge in [-0.2, -0.15) is 0 Å². The number of carbonyl (C=O) groups is 1. The van der Waals surface area contributed by atoms with Crippen molar-refractivity contribution in [2.24, 2.45) is 0 Å². The monoisotopic (exact) mass is 423 g/mol. The Labute approximate surface area is 171 Å². The van der Waals surface area contributed by atoms with Crippen molar-refractivity contribution in [3.63, 3.8) is 0 Å². The Kier molecular flexibility index (Phi) is 4.88. The normalized spacial score (nSPS) is 11.4. The molecule has 0 atom stereocenters. The highest BCUT2D eigenvalue weighted by Crippen LogP contribution is 2.31. The average Bonchev–Trinajstić information content (AvgIpc) is 3.21. The molecule has 1 N–H and O–H groups in total. The van der Waals surface area contributed by atoms with Crippen LogP contribution in [-0.2, 0) is 9.84 Å². The van der Waals surface area contributed by atoms with Crippen LogP contribution in [0.15, 0.2) is 88.8 Å². The molecule has 0 fully saturated rings. The number of carboxylic acids is 1. The summed E-state index contributed by atoms with van der Waals surface area (Å²) in [7, 11) is -4.10. The molecule has 0 radical (unpaired) electrons. The van der Waals surface area contributed by atoms with E-state index in [9.17, 15) is 17.6 Å². The molecule has 0 aliphatic carbocycles. The third-order valence-corrected chi connectivity index (χ3v) is 6.10. The zero-order valence-electron chi connectivity index (χ0n) is 15.3. The van der Waals surface area contributed by atoms with Gasteiger partial charge in [0.25, 0.3) is 0 Å². The highest BCUT2D eigenvalue weighted by molar-refractivity contribution is 7.91. The molecule has 0 aliphatic rings. The molecule has 0 saturated heterocycles. The van der Waals surface area contributed by atoms with Gasteiger partial charge in [-0.15, -0.1) is 5.10 Å². The molecule has 30 heavy (non-hydrogen) atoms. The van der Waals surface area contributed by atoms with E-state index in [1.807, 2.05) is 0 Å². The van der Waals surface area contributed by atoms with Crippen molar-refractivity contribution in [1.82, 2.24) is 15.0 Å². The average molecular weight is 423 g/mol. The van der Waals surface area contributed by atoms with Crippen LogP contribution in [0.5, 0.6) is 0 Å². The quantitative estimate of drug-likeness (QED) is 0.492. The van der Waals surface area contributed by atoms with Gasteiger partial charge in [0.2, 0.25) is 14.9 Å². The summed E-state index contributed by atoms with van der Waals surface area (Å²) in [5.74, 6) is -1.64. The maximum absolute atomic E-state index is 13.3. The number of aromatic nitrogens is 3. The molecule has 1 heterocycles. The highest BCUT2D eigenvalue weighted by atomic mass is 32.2. The van der Waals surface area contributed by atoms with Crippen LogP contribution in [0.2, 0.25) is 0 Å². The van der Waals surface area contributed by atoms with E-state index in [-0.39, 0.29) is 21.2 Å². The maximum Gasteiger partial charge on any atom is 0.335 e. The van der Waals surface area contributed by atoms with Crippen LogP contribution < -0.4 is 0 Å². The number of sulfone groups is 1. The lowest BCUT2D eigenvalue weighted by atomic mass is 10.1. The lowest BCUT2D eigenvalue weighted by Gasteiger charge is -2.09. The minimum atomic E-state index is -4.10. The Morgan fingerprint density at radius 1 is 0.900 bits per heavy atom. The van der Waals surface area contributed by atoms with Gasteiger partial charge in [-0.1, -0.05) is 35.5 Å². The maximum atomic E-state index is 13.3. The van der Waals surface area contributed by atoms with Crippen molar-refractivity contribution in [2.45, 2.75) is 9.92 Å². The van der Waals surface area contributed by atoms with Crippen molar-refractivity contribution in [1.29, 1.82) is 0 Å². The molecular weight excluding hydrogens is 409 g/mol. The van der Waals surface area contributed by atoms with Crippen LogP contribution in [0.25, 0.3) is 16.9 Å². The predicted octanol–water partition coefficient (Wildman–Crippen LogP) is 3.60. The molecule has 3 aromatic carbocycles. The first-order chi connectivity index (χ1) is 14.4. The van der Waals surface area contributed by atoms with Gasteiger partial charge in [-0.05, 0) is 48.5 Å². The molecule has 0 amide bonds. The minimum absolute atomic E-state index is 0.0827. The first-order valence-electron chi connectivity index (χ1n) is 8.73. The number of aromatic carboxylic acids is 1. The van der Waals surface area contributed by atoms with Gasteiger partial charge in [-0.3, -0.25) is 0 Å². The highest BCUT2D eigenvalue weighted by Gasteiger charge is 2.29. The molecule has 1 aromatic heterocycles. The van der Waals surface area contributed by atoms with E-state index in [0.29, 0.717) is 11.3 Å². The molecule has 0 saturated carbocycles. The number of rotatable bonds is 5. The van der Waals surface area contributed by atoms with Gasteiger partial charge in [0.05, 0.1) is 16.1 Å². The van der Waals surface area contributed by atoms with Crippen molar-refractivity contribution in [3.05, 3.63) is 90.2 Å². The smallest absolute Gasteiger partial charge is 0.335 e. The molecule has 0 unspecified atom stereocenters. The molecule has 0 aliphatic heterocycles. The number of benzene rings is 3. The van der Waals surface area contributed by atoms with Crippen LogP contribution in [0.3, 0.4) is 0 Å². The zero-order chi connectivity index (χ0) is 21.3. The summed E-state index contributed by atoms with van der Waals surface area (Å²) in [6, 6.07) is 19.0. The topological polar surface area (TPSA) is 102 Å². The molecule has 7 nitrogen and oxygen atoms in total. The Morgan fingerprint density at radius 3 is 2.13 bits per heavy atom. The van der Waals surface area contributed by atoms with Crippen molar-refractivity contribution >= 4 is 15.8 Å². The second kappa shape index (κ2) is 7.53. The Balaban J connectivity index is 1.92. The van der Waals surface area contributed by atoms with E-state index >= 15 is 0 Å². The number of hydrogen-bond acceptors (Lipinski definition) is 5. The number of nitrogens with zero attached hydrogens (tertiary/aromatic N) is 3. The lowest BCUT2D eigenvalue weighted by molar-refractivity contribution is 0.0697. The molecule has 0 spiro atoms. The summed E-state index contributed by atoms with van der Waals surface area (Å²) in [4.78, 5) is 11.0. The molecule has 150 valence electrons. The second-order valence-electron chi connectivity index (χ2n) is 6.33. The zero-order valence-corrected chi connectivity index (χ0v) is 16.1. The van der Waals surface area contributed by atoms with Gasteiger partial charge in [0, 0.05) is 5.56 Å². The third kappa shape index (κ3) is 3.46. The van der Waals surface area contributed by atoms with E-state index < -0.39 is 21.6 Å². The second-order valence-corrected chi connectivity index (χ2v) is 8.20. The van der Waals surface area contributed by atoms with E-state index in [1.165, 1.54) is 41.1 Å². The summed E-state index contributed by atoms with van der Waals surface area (Å²) in [5, 5.41) is 16.7. The van der Waals surface area contributed by atoms with Gasteiger partial charge >= 0.3 is 5.97 Å². The summed E-state index contributed by atoms with van der Waals surface area (Å²) in [6.45, 7) is 0. The van der Waals surface area contributed by atoms with Gasteiger partial charge < -0.3 is 5.11 Å². The SMILES string of the molecule is O=C(O)c1ccc(-n2nnc(S(=O)(=O)c3ccc(F)cc3)c2-c2ccccc2)cc1. The third-order valence-electron chi connectivity index (χ3n) is 4.42. The summed E-state index contributed by atoms with van der Waals surface area (Å²) in [5.41, 5.74) is 1.28. The van der Waals surface area contributed by atoms with E-state index in [4.69, 9.17) is 5.11 Å².